The second kappa shape index (κ2) is 7.28. The second-order valence-corrected chi connectivity index (χ2v) is 5.06. The molecular formula is C14H24N4O. The number of nitrogens with one attached hydrogen (secondary N) is 2. The first-order valence-corrected chi connectivity index (χ1v) is 7.31. The maximum atomic E-state index is 8.77. The standard InChI is InChI=1S/C14H24N4O/c1-2-7-15-12-10-13(16-8-3-4-9-19)18-14(17-12)11-5-6-11/h10-11,19H,2-9H2,1H3,(H2,15,16,17,18). The molecule has 1 aromatic rings. The number of hydrogen-bond donors (Lipinski definition) is 3. The van der Waals surface area contributed by atoms with E-state index in [9.17, 15) is 0 Å². The van der Waals surface area contributed by atoms with Crippen molar-refractivity contribution >= 4 is 11.6 Å². The fraction of sp³-hybridized carbons (Fsp3) is 0.714. The van der Waals surface area contributed by atoms with E-state index in [0.717, 1.165) is 49.8 Å². The lowest BCUT2D eigenvalue weighted by Gasteiger charge is -2.10. The third-order valence-corrected chi connectivity index (χ3v) is 3.13. The van der Waals surface area contributed by atoms with Crippen molar-refractivity contribution in [1.29, 1.82) is 0 Å². The molecule has 5 heteroatoms. The zero-order valence-corrected chi connectivity index (χ0v) is 11.7. The van der Waals surface area contributed by atoms with E-state index in [0.29, 0.717) is 5.92 Å². The van der Waals surface area contributed by atoms with Crippen molar-refractivity contribution in [3.05, 3.63) is 11.9 Å². The molecule has 0 aromatic carbocycles. The van der Waals surface area contributed by atoms with Crippen molar-refractivity contribution in [3.63, 3.8) is 0 Å². The van der Waals surface area contributed by atoms with Crippen molar-refractivity contribution < 1.29 is 5.11 Å². The highest BCUT2D eigenvalue weighted by atomic mass is 16.2. The molecule has 1 fully saturated rings. The summed E-state index contributed by atoms with van der Waals surface area (Å²) in [7, 11) is 0. The molecule has 0 spiro atoms. The van der Waals surface area contributed by atoms with Gasteiger partial charge in [0.1, 0.15) is 17.5 Å². The van der Waals surface area contributed by atoms with Crippen LogP contribution in [0.1, 0.15) is 50.8 Å². The average Bonchev–Trinajstić information content (AvgIpc) is 3.26. The number of nitrogens with zero attached hydrogens (tertiary/aromatic N) is 2. The van der Waals surface area contributed by atoms with Crippen LogP contribution in [0, 0.1) is 0 Å². The van der Waals surface area contributed by atoms with Crippen molar-refractivity contribution in [3.8, 4) is 0 Å². The fourth-order valence-corrected chi connectivity index (χ4v) is 1.88. The minimum atomic E-state index is 0.252. The first-order valence-electron chi connectivity index (χ1n) is 7.31. The molecule has 2 rings (SSSR count). The molecule has 1 aliphatic rings. The smallest absolute Gasteiger partial charge is 0.136 e. The number of aliphatic hydroxyl groups excluding tert-OH is 1. The summed E-state index contributed by atoms with van der Waals surface area (Å²) in [5, 5.41) is 15.4. The van der Waals surface area contributed by atoms with Gasteiger partial charge in [-0.3, -0.25) is 0 Å². The number of hydrogen-bond acceptors (Lipinski definition) is 5. The Labute approximate surface area is 114 Å². The summed E-state index contributed by atoms with van der Waals surface area (Å²) < 4.78 is 0. The molecule has 0 saturated heterocycles. The van der Waals surface area contributed by atoms with E-state index < -0.39 is 0 Å². The minimum Gasteiger partial charge on any atom is -0.396 e. The van der Waals surface area contributed by atoms with Crippen molar-refractivity contribution in [2.45, 2.75) is 44.9 Å². The molecule has 1 saturated carbocycles. The van der Waals surface area contributed by atoms with Crippen LogP contribution in [0.15, 0.2) is 6.07 Å². The lowest BCUT2D eigenvalue weighted by molar-refractivity contribution is 0.286. The second-order valence-electron chi connectivity index (χ2n) is 5.06. The SMILES string of the molecule is CCCNc1cc(NCCCCO)nc(C2CC2)n1. The van der Waals surface area contributed by atoms with Gasteiger partial charge in [0.25, 0.3) is 0 Å². The van der Waals surface area contributed by atoms with Crippen molar-refractivity contribution in [2.24, 2.45) is 0 Å². The summed E-state index contributed by atoms with van der Waals surface area (Å²) in [5.74, 6) is 3.34. The third kappa shape index (κ3) is 4.67. The Kier molecular flexibility index (Phi) is 5.39. The summed E-state index contributed by atoms with van der Waals surface area (Å²) in [4.78, 5) is 9.15. The molecule has 0 unspecified atom stereocenters. The van der Waals surface area contributed by atoms with Crippen LogP contribution in [0.4, 0.5) is 11.6 Å². The normalized spacial score (nSPS) is 14.4. The molecule has 0 atom stereocenters. The van der Waals surface area contributed by atoms with Crippen LogP contribution in [-0.4, -0.2) is 34.8 Å². The Balaban J connectivity index is 1.97. The lowest BCUT2D eigenvalue weighted by atomic mass is 10.3. The van der Waals surface area contributed by atoms with Crippen LogP contribution in [0.5, 0.6) is 0 Å². The highest BCUT2D eigenvalue weighted by Gasteiger charge is 2.27. The summed E-state index contributed by atoms with van der Waals surface area (Å²) in [6.45, 7) is 4.17. The molecule has 1 aromatic heterocycles. The average molecular weight is 264 g/mol. The van der Waals surface area contributed by atoms with Crippen LogP contribution in [0.3, 0.4) is 0 Å². The Morgan fingerprint density at radius 1 is 1.16 bits per heavy atom. The Bertz CT molecular complexity index is 393. The van der Waals surface area contributed by atoms with Crippen molar-refractivity contribution in [1.82, 2.24) is 9.97 Å². The molecule has 1 heterocycles. The molecule has 5 nitrogen and oxygen atoms in total. The van der Waals surface area contributed by atoms with Gasteiger partial charge in [-0.25, -0.2) is 9.97 Å². The number of aromatic nitrogens is 2. The van der Waals surface area contributed by atoms with Gasteiger partial charge in [0.2, 0.25) is 0 Å². The Hall–Kier alpha value is -1.36. The quantitative estimate of drug-likeness (QED) is 0.597. The monoisotopic (exact) mass is 264 g/mol. The van der Waals surface area contributed by atoms with E-state index in [2.05, 4.69) is 27.5 Å². The lowest BCUT2D eigenvalue weighted by Crippen LogP contribution is -2.09. The van der Waals surface area contributed by atoms with E-state index in [1.54, 1.807) is 0 Å². The van der Waals surface area contributed by atoms with Crippen molar-refractivity contribution in [2.75, 3.05) is 30.3 Å². The van der Waals surface area contributed by atoms with Gasteiger partial charge < -0.3 is 15.7 Å². The van der Waals surface area contributed by atoms with E-state index in [1.807, 2.05) is 6.07 Å². The number of anilines is 2. The van der Waals surface area contributed by atoms with Gasteiger partial charge in [0, 0.05) is 31.7 Å². The van der Waals surface area contributed by atoms with Crippen LogP contribution in [0.25, 0.3) is 0 Å². The largest absolute Gasteiger partial charge is 0.396 e. The molecule has 19 heavy (non-hydrogen) atoms. The van der Waals surface area contributed by atoms with Crippen LogP contribution in [0.2, 0.25) is 0 Å². The van der Waals surface area contributed by atoms with E-state index >= 15 is 0 Å². The minimum absolute atomic E-state index is 0.252. The fourth-order valence-electron chi connectivity index (χ4n) is 1.88. The molecule has 106 valence electrons. The summed E-state index contributed by atoms with van der Waals surface area (Å²) in [6, 6.07) is 1.97. The van der Waals surface area contributed by atoms with Gasteiger partial charge in [-0.15, -0.1) is 0 Å². The van der Waals surface area contributed by atoms with Crippen LogP contribution >= 0.6 is 0 Å². The number of unbranched alkanes of at least 4 members (excludes halogenated alkanes) is 1. The maximum Gasteiger partial charge on any atom is 0.136 e. The van der Waals surface area contributed by atoms with E-state index in [-0.39, 0.29) is 6.61 Å². The van der Waals surface area contributed by atoms with Crippen LogP contribution in [-0.2, 0) is 0 Å². The predicted molar refractivity (Wildman–Crippen MR) is 77.6 cm³/mol. The summed E-state index contributed by atoms with van der Waals surface area (Å²) in [5.41, 5.74) is 0. The molecule has 0 radical (unpaired) electrons. The molecule has 3 N–H and O–H groups in total. The Morgan fingerprint density at radius 3 is 2.42 bits per heavy atom. The zero-order valence-electron chi connectivity index (χ0n) is 11.7. The van der Waals surface area contributed by atoms with Gasteiger partial charge >= 0.3 is 0 Å². The Morgan fingerprint density at radius 2 is 1.84 bits per heavy atom. The van der Waals surface area contributed by atoms with E-state index in [4.69, 9.17) is 5.11 Å². The van der Waals surface area contributed by atoms with Gasteiger partial charge in [-0.2, -0.15) is 0 Å². The van der Waals surface area contributed by atoms with Gasteiger partial charge in [-0.1, -0.05) is 6.92 Å². The molecule has 1 aliphatic carbocycles. The highest BCUT2D eigenvalue weighted by molar-refractivity contribution is 5.48. The topological polar surface area (TPSA) is 70.1 Å². The maximum absolute atomic E-state index is 8.77. The predicted octanol–water partition coefficient (Wildman–Crippen LogP) is 2.36. The molecule has 0 bridgehead atoms. The van der Waals surface area contributed by atoms with Gasteiger partial charge in [0.15, 0.2) is 0 Å². The van der Waals surface area contributed by atoms with Gasteiger partial charge in [-0.05, 0) is 32.1 Å². The molecule has 0 aliphatic heterocycles. The van der Waals surface area contributed by atoms with Gasteiger partial charge in [0.05, 0.1) is 0 Å². The van der Waals surface area contributed by atoms with E-state index in [1.165, 1.54) is 12.8 Å². The first kappa shape index (κ1) is 14.1. The molecule has 0 amide bonds. The zero-order chi connectivity index (χ0) is 13.5. The number of aliphatic hydroxyl groups is 1. The number of rotatable bonds is 9. The summed E-state index contributed by atoms with van der Waals surface area (Å²) in [6.07, 6.45) is 5.29. The molecular weight excluding hydrogens is 240 g/mol. The van der Waals surface area contributed by atoms with Crippen LogP contribution < -0.4 is 10.6 Å². The highest BCUT2D eigenvalue weighted by Crippen LogP contribution is 2.38. The first-order chi connectivity index (χ1) is 9.33. The summed E-state index contributed by atoms with van der Waals surface area (Å²) >= 11 is 0. The third-order valence-electron chi connectivity index (χ3n) is 3.13.